The quantitative estimate of drug-likeness (QED) is 0.776. The lowest BCUT2D eigenvalue weighted by molar-refractivity contribution is 0.0697. The summed E-state index contributed by atoms with van der Waals surface area (Å²) in [6, 6.07) is 5.96. The molecular weight excluding hydrogens is 256 g/mol. The topological polar surface area (TPSA) is 68.3 Å². The van der Waals surface area contributed by atoms with Crippen molar-refractivity contribution in [3.63, 3.8) is 0 Å². The molecule has 0 aliphatic carbocycles. The van der Waals surface area contributed by atoms with Gasteiger partial charge in [0.1, 0.15) is 5.56 Å². The maximum absolute atomic E-state index is 11.3. The maximum Gasteiger partial charge on any atom is 0.341 e. The Hall–Kier alpha value is -2.56. The van der Waals surface area contributed by atoms with Crippen LogP contribution in [0, 0.1) is 13.8 Å². The molecule has 2 heterocycles. The zero-order valence-electron chi connectivity index (χ0n) is 11.5. The largest absolute Gasteiger partial charge is 0.477 e. The number of carboxylic acid groups (broad SMARTS) is 1. The van der Waals surface area contributed by atoms with Gasteiger partial charge in [-0.2, -0.15) is 0 Å². The minimum Gasteiger partial charge on any atom is -0.477 e. The lowest BCUT2D eigenvalue weighted by Gasteiger charge is -2.01. The van der Waals surface area contributed by atoms with Crippen molar-refractivity contribution in [2.45, 2.75) is 13.8 Å². The van der Waals surface area contributed by atoms with E-state index in [1.54, 1.807) is 0 Å². The van der Waals surface area contributed by atoms with Crippen molar-refractivity contribution < 1.29 is 14.4 Å². The molecule has 20 heavy (non-hydrogen) atoms. The summed E-state index contributed by atoms with van der Waals surface area (Å²) in [6.07, 6.45) is 1.24. The third-order valence-electron chi connectivity index (χ3n) is 3.74. The van der Waals surface area contributed by atoms with Crippen LogP contribution < -0.4 is 0 Å². The summed E-state index contributed by atoms with van der Waals surface area (Å²) < 4.78 is 7.26. The van der Waals surface area contributed by atoms with Crippen LogP contribution in [0.4, 0.5) is 0 Å². The molecule has 0 saturated heterocycles. The smallest absolute Gasteiger partial charge is 0.341 e. The van der Waals surface area contributed by atoms with Crippen LogP contribution in [0.2, 0.25) is 0 Å². The number of rotatable bonds is 2. The van der Waals surface area contributed by atoms with Gasteiger partial charge in [-0.1, -0.05) is 23.4 Å². The summed E-state index contributed by atoms with van der Waals surface area (Å²) in [6.45, 7) is 3.98. The Morgan fingerprint density at radius 3 is 2.80 bits per heavy atom. The highest BCUT2D eigenvalue weighted by Crippen LogP contribution is 2.36. The highest BCUT2D eigenvalue weighted by atomic mass is 16.5. The van der Waals surface area contributed by atoms with Crippen molar-refractivity contribution in [2.24, 2.45) is 7.05 Å². The fourth-order valence-electron chi connectivity index (χ4n) is 2.70. The van der Waals surface area contributed by atoms with Gasteiger partial charge in [0.05, 0.1) is 11.7 Å². The molecule has 102 valence electrons. The van der Waals surface area contributed by atoms with Gasteiger partial charge in [-0.25, -0.2) is 4.79 Å². The lowest BCUT2D eigenvalue weighted by Crippen LogP contribution is -1.97. The Morgan fingerprint density at radius 1 is 1.35 bits per heavy atom. The number of hydrogen-bond acceptors (Lipinski definition) is 3. The number of nitrogens with zero attached hydrogens (tertiary/aromatic N) is 2. The van der Waals surface area contributed by atoms with Crippen molar-refractivity contribution in [3.05, 3.63) is 41.2 Å². The fourth-order valence-corrected chi connectivity index (χ4v) is 2.70. The van der Waals surface area contributed by atoms with Crippen LogP contribution in [-0.4, -0.2) is 20.8 Å². The molecule has 0 atom stereocenters. The summed E-state index contributed by atoms with van der Waals surface area (Å²) in [7, 11) is 1.96. The number of hydrogen-bond donors (Lipinski definition) is 1. The predicted molar refractivity (Wildman–Crippen MR) is 74.8 cm³/mol. The van der Waals surface area contributed by atoms with Crippen LogP contribution in [0.15, 0.2) is 28.9 Å². The molecule has 1 aromatic carbocycles. The Bertz CT molecular complexity index is 827. The zero-order chi connectivity index (χ0) is 14.4. The number of aryl methyl sites for hydroxylation is 2. The molecule has 0 unspecified atom stereocenters. The highest BCUT2D eigenvalue weighted by Gasteiger charge is 2.23. The summed E-state index contributed by atoms with van der Waals surface area (Å²) in [5, 5.41) is 13.8. The first-order chi connectivity index (χ1) is 9.52. The van der Waals surface area contributed by atoms with Crippen LogP contribution in [-0.2, 0) is 7.05 Å². The van der Waals surface area contributed by atoms with Gasteiger partial charge >= 0.3 is 5.97 Å². The number of carboxylic acids is 1. The summed E-state index contributed by atoms with van der Waals surface area (Å²) in [5.74, 6) is -0.725. The van der Waals surface area contributed by atoms with Gasteiger partial charge < -0.3 is 14.2 Å². The zero-order valence-corrected chi connectivity index (χ0v) is 11.5. The van der Waals surface area contributed by atoms with E-state index in [9.17, 15) is 9.90 Å². The van der Waals surface area contributed by atoms with Crippen molar-refractivity contribution >= 4 is 16.9 Å². The molecule has 0 bridgehead atoms. The van der Waals surface area contributed by atoms with Crippen LogP contribution in [0.1, 0.15) is 21.6 Å². The van der Waals surface area contributed by atoms with Gasteiger partial charge in [-0.3, -0.25) is 0 Å². The van der Waals surface area contributed by atoms with E-state index in [1.165, 1.54) is 6.20 Å². The molecule has 2 aromatic heterocycles. The monoisotopic (exact) mass is 270 g/mol. The first-order valence-electron chi connectivity index (χ1n) is 6.25. The second-order valence-electron chi connectivity index (χ2n) is 4.86. The fraction of sp³-hybridized carbons (Fsp3) is 0.200. The van der Waals surface area contributed by atoms with Gasteiger partial charge in [-0.15, -0.1) is 0 Å². The van der Waals surface area contributed by atoms with E-state index in [-0.39, 0.29) is 5.56 Å². The molecule has 0 fully saturated rings. The molecule has 3 aromatic rings. The lowest BCUT2D eigenvalue weighted by atomic mass is 10.0. The van der Waals surface area contributed by atoms with E-state index >= 15 is 0 Å². The van der Waals surface area contributed by atoms with Gasteiger partial charge in [0.15, 0.2) is 5.76 Å². The summed E-state index contributed by atoms with van der Waals surface area (Å²) in [4.78, 5) is 11.3. The second-order valence-corrected chi connectivity index (χ2v) is 4.86. The minimum absolute atomic E-state index is 0.0853. The molecule has 0 aliphatic heterocycles. The molecule has 0 amide bonds. The van der Waals surface area contributed by atoms with E-state index in [4.69, 9.17) is 4.52 Å². The van der Waals surface area contributed by atoms with E-state index in [1.807, 2.05) is 43.7 Å². The molecule has 1 N–H and O–H groups in total. The van der Waals surface area contributed by atoms with Gasteiger partial charge in [-0.05, 0) is 19.4 Å². The number of para-hydroxylation sites is 1. The molecule has 3 rings (SSSR count). The molecule has 5 heteroatoms. The van der Waals surface area contributed by atoms with Crippen molar-refractivity contribution in [3.8, 4) is 11.3 Å². The minimum atomic E-state index is -1.04. The number of aromatic carboxylic acids is 1. The van der Waals surface area contributed by atoms with Crippen molar-refractivity contribution in [2.75, 3.05) is 0 Å². The summed E-state index contributed by atoms with van der Waals surface area (Å²) >= 11 is 0. The van der Waals surface area contributed by atoms with E-state index in [0.29, 0.717) is 5.76 Å². The Kier molecular flexibility index (Phi) is 2.64. The first-order valence-corrected chi connectivity index (χ1v) is 6.25. The maximum atomic E-state index is 11.3. The molecule has 0 spiro atoms. The highest BCUT2D eigenvalue weighted by molar-refractivity contribution is 6.03. The number of benzene rings is 1. The normalized spacial score (nSPS) is 11.2. The molecule has 0 radical (unpaired) electrons. The van der Waals surface area contributed by atoms with Crippen molar-refractivity contribution in [1.82, 2.24) is 9.72 Å². The van der Waals surface area contributed by atoms with Crippen LogP contribution in [0.25, 0.3) is 22.2 Å². The molecule has 0 saturated carbocycles. The van der Waals surface area contributed by atoms with Crippen LogP contribution in [0.5, 0.6) is 0 Å². The van der Waals surface area contributed by atoms with E-state index in [0.717, 1.165) is 27.7 Å². The Balaban J connectivity index is 2.43. The third-order valence-corrected chi connectivity index (χ3v) is 3.74. The average Bonchev–Trinajstić information content (AvgIpc) is 2.95. The number of fused-ring (bicyclic) bond motifs is 1. The van der Waals surface area contributed by atoms with Crippen LogP contribution >= 0.6 is 0 Å². The average molecular weight is 270 g/mol. The standard InChI is InChI=1S/C15H14N2O3/c1-8-5-4-6-10-12(9(2)17(3)13(8)10)14-11(15(18)19)7-16-20-14/h4-7H,1-3H3,(H,18,19). The SMILES string of the molecule is Cc1cccc2c(-c3oncc3C(=O)O)c(C)n(C)c12. The van der Waals surface area contributed by atoms with Gasteiger partial charge in [0.25, 0.3) is 0 Å². The third kappa shape index (κ3) is 1.56. The van der Waals surface area contributed by atoms with Gasteiger partial charge in [0.2, 0.25) is 0 Å². The number of carbonyl (C=O) groups is 1. The Morgan fingerprint density at radius 2 is 2.10 bits per heavy atom. The molecule has 0 aliphatic rings. The first kappa shape index (κ1) is 12.5. The van der Waals surface area contributed by atoms with E-state index < -0.39 is 5.97 Å². The second kappa shape index (κ2) is 4.23. The molecular formula is C15H14N2O3. The summed E-state index contributed by atoms with van der Waals surface area (Å²) in [5.41, 5.74) is 4.04. The van der Waals surface area contributed by atoms with Gasteiger partial charge in [0, 0.05) is 23.7 Å². The Labute approximate surface area is 115 Å². The van der Waals surface area contributed by atoms with Crippen molar-refractivity contribution in [1.29, 1.82) is 0 Å². The van der Waals surface area contributed by atoms with Crippen LogP contribution in [0.3, 0.4) is 0 Å². The number of aromatic nitrogens is 2. The predicted octanol–water partition coefficient (Wildman–Crippen LogP) is 3.15. The molecule has 5 nitrogen and oxygen atoms in total. The van der Waals surface area contributed by atoms with E-state index in [2.05, 4.69) is 5.16 Å².